The molecular formula is C21H23N3O4S. The summed E-state index contributed by atoms with van der Waals surface area (Å²) in [6.45, 7) is -0.134. The molecule has 0 aliphatic heterocycles. The zero-order chi connectivity index (χ0) is 20.2. The van der Waals surface area contributed by atoms with Crippen molar-refractivity contribution in [3.05, 3.63) is 35.0 Å². The third kappa shape index (κ3) is 4.12. The SMILES string of the molecule is COc1ccc(NC(=O)COc2ncnc3sc4c(c23)CCCCC4)cc1OC. The third-order valence-electron chi connectivity index (χ3n) is 4.97. The summed E-state index contributed by atoms with van der Waals surface area (Å²) in [6.07, 6.45) is 7.19. The predicted molar refractivity (Wildman–Crippen MR) is 112 cm³/mol. The number of benzene rings is 1. The third-order valence-corrected chi connectivity index (χ3v) is 6.17. The van der Waals surface area contributed by atoms with Crippen molar-refractivity contribution in [3.63, 3.8) is 0 Å². The Labute approximate surface area is 173 Å². The van der Waals surface area contributed by atoms with Crippen molar-refractivity contribution in [1.82, 2.24) is 9.97 Å². The maximum Gasteiger partial charge on any atom is 0.262 e. The van der Waals surface area contributed by atoms with E-state index < -0.39 is 0 Å². The first-order valence-corrected chi connectivity index (χ1v) is 10.4. The number of rotatable bonds is 6. The van der Waals surface area contributed by atoms with E-state index >= 15 is 0 Å². The molecule has 0 saturated carbocycles. The average Bonchev–Trinajstić information content (AvgIpc) is 2.94. The number of carbonyl (C=O) groups is 1. The number of ether oxygens (including phenoxy) is 3. The minimum atomic E-state index is -0.273. The minimum Gasteiger partial charge on any atom is -0.493 e. The number of nitrogens with zero attached hydrogens (tertiary/aromatic N) is 2. The maximum atomic E-state index is 12.4. The van der Waals surface area contributed by atoms with E-state index in [1.165, 1.54) is 29.6 Å². The van der Waals surface area contributed by atoms with Crippen LogP contribution >= 0.6 is 11.3 Å². The molecule has 3 aromatic rings. The molecule has 4 rings (SSSR count). The number of aromatic nitrogens is 2. The van der Waals surface area contributed by atoms with E-state index in [4.69, 9.17) is 14.2 Å². The summed E-state index contributed by atoms with van der Waals surface area (Å²) in [5.74, 6) is 1.36. The quantitative estimate of drug-likeness (QED) is 0.615. The zero-order valence-electron chi connectivity index (χ0n) is 16.5. The van der Waals surface area contributed by atoms with Crippen molar-refractivity contribution in [3.8, 4) is 17.4 Å². The summed E-state index contributed by atoms with van der Waals surface area (Å²) in [6, 6.07) is 5.20. The van der Waals surface area contributed by atoms with Crippen molar-refractivity contribution in [1.29, 1.82) is 0 Å². The summed E-state index contributed by atoms with van der Waals surface area (Å²) in [7, 11) is 3.12. The van der Waals surface area contributed by atoms with Crippen LogP contribution in [0.3, 0.4) is 0 Å². The molecule has 0 radical (unpaired) electrons. The summed E-state index contributed by atoms with van der Waals surface area (Å²) in [5, 5.41) is 3.78. The number of aryl methyl sites for hydroxylation is 2. The molecule has 152 valence electrons. The van der Waals surface area contributed by atoms with Crippen molar-refractivity contribution < 1.29 is 19.0 Å². The van der Waals surface area contributed by atoms with Crippen LogP contribution in [0.1, 0.15) is 29.7 Å². The number of hydrogen-bond donors (Lipinski definition) is 1. The molecule has 1 aromatic carbocycles. The van der Waals surface area contributed by atoms with Crippen LogP contribution in [0.15, 0.2) is 24.5 Å². The van der Waals surface area contributed by atoms with Gasteiger partial charge in [0.2, 0.25) is 5.88 Å². The van der Waals surface area contributed by atoms with Crippen LogP contribution in [-0.2, 0) is 17.6 Å². The second kappa shape index (κ2) is 8.65. The Morgan fingerprint density at radius 3 is 2.76 bits per heavy atom. The van der Waals surface area contributed by atoms with E-state index in [-0.39, 0.29) is 12.5 Å². The average molecular weight is 413 g/mol. The van der Waals surface area contributed by atoms with Gasteiger partial charge in [-0.3, -0.25) is 4.79 Å². The molecule has 1 amide bonds. The van der Waals surface area contributed by atoms with Gasteiger partial charge in [0.15, 0.2) is 18.1 Å². The van der Waals surface area contributed by atoms with Crippen molar-refractivity contribution in [2.45, 2.75) is 32.1 Å². The topological polar surface area (TPSA) is 82.6 Å². The Morgan fingerprint density at radius 1 is 1.10 bits per heavy atom. The van der Waals surface area contributed by atoms with Gasteiger partial charge in [-0.2, -0.15) is 0 Å². The maximum absolute atomic E-state index is 12.4. The lowest BCUT2D eigenvalue weighted by Crippen LogP contribution is -2.20. The van der Waals surface area contributed by atoms with E-state index in [1.54, 1.807) is 43.8 Å². The Balaban J connectivity index is 1.48. The second-order valence-corrected chi connectivity index (χ2v) is 7.91. The normalized spacial score (nSPS) is 13.4. The molecule has 2 aromatic heterocycles. The van der Waals surface area contributed by atoms with E-state index in [0.717, 1.165) is 29.5 Å². The fourth-order valence-corrected chi connectivity index (χ4v) is 4.81. The van der Waals surface area contributed by atoms with Crippen LogP contribution in [0.25, 0.3) is 10.2 Å². The Morgan fingerprint density at radius 2 is 1.93 bits per heavy atom. The van der Waals surface area contributed by atoms with Gasteiger partial charge in [-0.25, -0.2) is 9.97 Å². The van der Waals surface area contributed by atoms with Crippen LogP contribution in [0.5, 0.6) is 17.4 Å². The van der Waals surface area contributed by atoms with E-state index in [1.807, 2.05) is 0 Å². The van der Waals surface area contributed by atoms with Gasteiger partial charge in [-0.05, 0) is 43.4 Å². The van der Waals surface area contributed by atoms with Crippen LogP contribution in [0.2, 0.25) is 0 Å². The molecule has 0 spiro atoms. The van der Waals surface area contributed by atoms with E-state index in [0.29, 0.717) is 23.1 Å². The Hall–Kier alpha value is -2.87. The molecule has 0 fully saturated rings. The highest BCUT2D eigenvalue weighted by atomic mass is 32.1. The molecule has 0 unspecified atom stereocenters. The summed E-state index contributed by atoms with van der Waals surface area (Å²) in [4.78, 5) is 23.4. The lowest BCUT2D eigenvalue weighted by atomic mass is 10.1. The van der Waals surface area contributed by atoms with Gasteiger partial charge < -0.3 is 19.5 Å². The summed E-state index contributed by atoms with van der Waals surface area (Å²) in [5.41, 5.74) is 1.90. The van der Waals surface area contributed by atoms with Crippen LogP contribution in [-0.4, -0.2) is 36.7 Å². The van der Waals surface area contributed by atoms with Gasteiger partial charge in [0.05, 0.1) is 19.6 Å². The van der Waals surface area contributed by atoms with Gasteiger partial charge in [-0.15, -0.1) is 11.3 Å². The molecule has 8 heteroatoms. The zero-order valence-corrected chi connectivity index (χ0v) is 17.3. The number of anilines is 1. The first-order chi connectivity index (χ1) is 14.2. The first-order valence-electron chi connectivity index (χ1n) is 9.59. The van der Waals surface area contributed by atoms with E-state index in [2.05, 4.69) is 15.3 Å². The lowest BCUT2D eigenvalue weighted by Gasteiger charge is -2.11. The van der Waals surface area contributed by atoms with Crippen LogP contribution in [0, 0.1) is 0 Å². The Bertz CT molecular complexity index is 1030. The predicted octanol–water partition coefficient (Wildman–Crippen LogP) is 3.99. The summed E-state index contributed by atoms with van der Waals surface area (Å²) < 4.78 is 16.3. The monoisotopic (exact) mass is 413 g/mol. The van der Waals surface area contributed by atoms with Crippen LogP contribution < -0.4 is 19.5 Å². The fourth-order valence-electron chi connectivity index (χ4n) is 3.59. The van der Waals surface area contributed by atoms with Crippen molar-refractivity contribution in [2.75, 3.05) is 26.1 Å². The summed E-state index contributed by atoms with van der Waals surface area (Å²) >= 11 is 1.71. The highest BCUT2D eigenvalue weighted by Gasteiger charge is 2.20. The largest absolute Gasteiger partial charge is 0.493 e. The highest BCUT2D eigenvalue weighted by Crippen LogP contribution is 2.38. The standard InChI is InChI=1S/C21H23N3O4S/c1-26-15-9-8-13(10-16(15)27-2)24-18(25)11-28-20-19-14-6-4-3-5-7-17(14)29-21(19)23-12-22-20/h8-10,12H,3-7,11H2,1-2H3,(H,24,25). The minimum absolute atomic E-state index is 0.134. The molecule has 1 N–H and O–H groups in total. The Kier molecular flexibility index (Phi) is 5.80. The molecule has 0 bridgehead atoms. The van der Waals surface area contributed by atoms with Gasteiger partial charge in [0.25, 0.3) is 5.91 Å². The highest BCUT2D eigenvalue weighted by molar-refractivity contribution is 7.18. The molecule has 0 saturated heterocycles. The number of carbonyl (C=O) groups excluding carboxylic acids is 1. The molecular weight excluding hydrogens is 390 g/mol. The fraction of sp³-hybridized carbons (Fsp3) is 0.381. The number of fused-ring (bicyclic) bond motifs is 3. The molecule has 1 aliphatic rings. The molecule has 1 aliphatic carbocycles. The van der Waals surface area contributed by atoms with Crippen molar-refractivity contribution in [2.24, 2.45) is 0 Å². The molecule has 29 heavy (non-hydrogen) atoms. The number of nitrogens with one attached hydrogen (secondary N) is 1. The lowest BCUT2D eigenvalue weighted by molar-refractivity contribution is -0.118. The number of hydrogen-bond acceptors (Lipinski definition) is 7. The molecule has 2 heterocycles. The molecule has 7 nitrogen and oxygen atoms in total. The first kappa shape index (κ1) is 19.4. The van der Waals surface area contributed by atoms with Gasteiger partial charge in [-0.1, -0.05) is 6.42 Å². The smallest absolute Gasteiger partial charge is 0.262 e. The van der Waals surface area contributed by atoms with Crippen LogP contribution in [0.4, 0.5) is 5.69 Å². The van der Waals surface area contributed by atoms with Crippen molar-refractivity contribution >= 4 is 33.1 Å². The number of thiophene rings is 1. The molecule has 0 atom stereocenters. The van der Waals surface area contributed by atoms with Gasteiger partial charge in [0.1, 0.15) is 11.2 Å². The number of methoxy groups -OCH3 is 2. The van der Waals surface area contributed by atoms with E-state index in [9.17, 15) is 4.79 Å². The van der Waals surface area contributed by atoms with Gasteiger partial charge in [0, 0.05) is 16.6 Å². The number of amides is 1. The van der Waals surface area contributed by atoms with Gasteiger partial charge >= 0.3 is 0 Å². The second-order valence-electron chi connectivity index (χ2n) is 6.83.